The van der Waals surface area contributed by atoms with E-state index in [9.17, 15) is 4.79 Å². The van der Waals surface area contributed by atoms with Crippen molar-refractivity contribution in [2.24, 2.45) is 0 Å². The maximum atomic E-state index is 12.8. The van der Waals surface area contributed by atoms with Gasteiger partial charge in [0.05, 0.1) is 29.8 Å². The molecule has 0 saturated heterocycles. The molecule has 0 bridgehead atoms. The second kappa shape index (κ2) is 8.20. The first-order chi connectivity index (χ1) is 12.5. The maximum absolute atomic E-state index is 12.8. The number of ether oxygens (including phenoxy) is 1. The van der Waals surface area contributed by atoms with Gasteiger partial charge in [0.1, 0.15) is 0 Å². The smallest absolute Gasteiger partial charge is 0.262 e. The molecular weight excluding hydrogens is 376 g/mol. The number of fused-ring (bicyclic) bond motifs is 1. The van der Waals surface area contributed by atoms with E-state index in [0.29, 0.717) is 51.7 Å². The SMILES string of the molecule is COCCn1c(SCc2nc(C(C)C)no2)nc2cc(Cl)ccc2c1=O. The van der Waals surface area contributed by atoms with Crippen LogP contribution in [0.1, 0.15) is 31.5 Å². The summed E-state index contributed by atoms with van der Waals surface area (Å²) in [7, 11) is 1.60. The molecule has 0 aliphatic rings. The number of halogens is 1. The Morgan fingerprint density at radius 2 is 2.15 bits per heavy atom. The molecule has 0 N–H and O–H groups in total. The van der Waals surface area contributed by atoms with Crippen LogP contribution in [-0.4, -0.2) is 33.4 Å². The van der Waals surface area contributed by atoms with Crippen LogP contribution in [0.3, 0.4) is 0 Å². The van der Waals surface area contributed by atoms with Gasteiger partial charge in [-0.2, -0.15) is 4.98 Å². The Bertz CT molecular complexity index is 970. The van der Waals surface area contributed by atoms with Gasteiger partial charge in [-0.1, -0.05) is 42.4 Å². The molecular formula is C17H19ClN4O3S. The van der Waals surface area contributed by atoms with Gasteiger partial charge in [0, 0.05) is 18.1 Å². The number of thioether (sulfide) groups is 1. The molecule has 0 radical (unpaired) electrons. The van der Waals surface area contributed by atoms with E-state index in [0.717, 1.165) is 0 Å². The number of hydrogen-bond donors (Lipinski definition) is 0. The molecule has 0 unspecified atom stereocenters. The highest BCUT2D eigenvalue weighted by molar-refractivity contribution is 7.98. The monoisotopic (exact) mass is 394 g/mol. The first-order valence-corrected chi connectivity index (χ1v) is 9.50. The summed E-state index contributed by atoms with van der Waals surface area (Å²) in [6.45, 7) is 4.81. The average Bonchev–Trinajstić information content (AvgIpc) is 3.08. The van der Waals surface area contributed by atoms with Crippen molar-refractivity contribution in [2.45, 2.75) is 37.2 Å². The average molecular weight is 395 g/mol. The van der Waals surface area contributed by atoms with Crippen LogP contribution in [0, 0.1) is 0 Å². The number of hydrogen-bond acceptors (Lipinski definition) is 7. The Morgan fingerprint density at radius 3 is 2.85 bits per heavy atom. The van der Waals surface area contributed by atoms with Gasteiger partial charge in [0.25, 0.3) is 5.56 Å². The molecule has 3 aromatic rings. The van der Waals surface area contributed by atoms with Gasteiger partial charge < -0.3 is 9.26 Å². The first-order valence-electron chi connectivity index (χ1n) is 8.14. The Kier molecular flexibility index (Phi) is 5.95. The van der Waals surface area contributed by atoms with Crippen LogP contribution >= 0.6 is 23.4 Å². The lowest BCUT2D eigenvalue weighted by Crippen LogP contribution is -2.25. The molecule has 0 atom stereocenters. The number of rotatable bonds is 7. The van der Waals surface area contributed by atoms with Crippen molar-refractivity contribution in [3.8, 4) is 0 Å². The fraction of sp³-hybridized carbons (Fsp3) is 0.412. The highest BCUT2D eigenvalue weighted by Gasteiger charge is 2.15. The third kappa shape index (κ3) is 4.08. The number of benzene rings is 1. The van der Waals surface area contributed by atoms with Crippen molar-refractivity contribution >= 4 is 34.3 Å². The summed E-state index contributed by atoms with van der Waals surface area (Å²) in [6.07, 6.45) is 0. The van der Waals surface area contributed by atoms with E-state index in [-0.39, 0.29) is 11.5 Å². The molecule has 9 heteroatoms. The van der Waals surface area contributed by atoms with E-state index < -0.39 is 0 Å². The fourth-order valence-electron chi connectivity index (χ4n) is 2.35. The number of aromatic nitrogens is 4. The zero-order valence-corrected chi connectivity index (χ0v) is 16.3. The van der Waals surface area contributed by atoms with Crippen LogP contribution < -0.4 is 5.56 Å². The van der Waals surface area contributed by atoms with Gasteiger partial charge in [-0.15, -0.1) is 0 Å². The molecule has 3 rings (SSSR count). The first kappa shape index (κ1) is 18.9. The zero-order valence-electron chi connectivity index (χ0n) is 14.7. The van der Waals surface area contributed by atoms with Gasteiger partial charge in [-0.3, -0.25) is 9.36 Å². The third-order valence-corrected chi connectivity index (χ3v) is 4.92. The lowest BCUT2D eigenvalue weighted by molar-refractivity contribution is 0.183. The van der Waals surface area contributed by atoms with Crippen LogP contribution in [-0.2, 0) is 17.0 Å². The summed E-state index contributed by atoms with van der Waals surface area (Å²) >= 11 is 7.41. The maximum Gasteiger partial charge on any atom is 0.262 e. The Labute approximate surface area is 159 Å². The van der Waals surface area contributed by atoms with Gasteiger partial charge >= 0.3 is 0 Å². The van der Waals surface area contributed by atoms with Crippen molar-refractivity contribution in [3.05, 3.63) is 45.3 Å². The molecule has 138 valence electrons. The van der Waals surface area contributed by atoms with Crippen LogP contribution in [0.5, 0.6) is 0 Å². The number of nitrogens with zero attached hydrogens (tertiary/aromatic N) is 4. The highest BCUT2D eigenvalue weighted by atomic mass is 35.5. The normalized spacial score (nSPS) is 11.6. The second-order valence-electron chi connectivity index (χ2n) is 6.00. The zero-order chi connectivity index (χ0) is 18.7. The van der Waals surface area contributed by atoms with E-state index in [2.05, 4.69) is 15.1 Å². The summed E-state index contributed by atoms with van der Waals surface area (Å²) < 4.78 is 12.0. The van der Waals surface area contributed by atoms with Crippen molar-refractivity contribution in [2.75, 3.05) is 13.7 Å². The topological polar surface area (TPSA) is 83.0 Å². The van der Waals surface area contributed by atoms with Gasteiger partial charge in [-0.25, -0.2) is 4.98 Å². The molecule has 0 saturated carbocycles. The quantitative estimate of drug-likeness (QED) is 0.448. The third-order valence-electron chi connectivity index (χ3n) is 3.73. The molecule has 26 heavy (non-hydrogen) atoms. The fourth-order valence-corrected chi connectivity index (χ4v) is 3.38. The summed E-state index contributed by atoms with van der Waals surface area (Å²) in [5, 5.41) is 5.57. The summed E-state index contributed by atoms with van der Waals surface area (Å²) in [5.41, 5.74) is 0.437. The molecule has 0 aliphatic heterocycles. The summed E-state index contributed by atoms with van der Waals surface area (Å²) in [6, 6.07) is 5.07. The molecule has 0 amide bonds. The molecule has 0 fully saturated rings. The van der Waals surface area contributed by atoms with Crippen molar-refractivity contribution in [1.29, 1.82) is 0 Å². The van der Waals surface area contributed by atoms with Crippen LogP contribution in [0.15, 0.2) is 32.7 Å². The van der Waals surface area contributed by atoms with Gasteiger partial charge in [0.2, 0.25) is 5.89 Å². The minimum atomic E-state index is -0.125. The Morgan fingerprint density at radius 1 is 1.35 bits per heavy atom. The van der Waals surface area contributed by atoms with E-state index in [4.69, 9.17) is 20.9 Å². The second-order valence-corrected chi connectivity index (χ2v) is 7.37. The van der Waals surface area contributed by atoms with E-state index in [1.165, 1.54) is 11.8 Å². The molecule has 0 spiro atoms. The lowest BCUT2D eigenvalue weighted by Gasteiger charge is -2.12. The largest absolute Gasteiger partial charge is 0.383 e. The molecule has 7 nitrogen and oxygen atoms in total. The Balaban J connectivity index is 1.94. The molecule has 2 heterocycles. The minimum Gasteiger partial charge on any atom is -0.383 e. The molecule has 1 aromatic carbocycles. The standard InChI is InChI=1S/C17H19ClN4O3S/c1-10(2)15-20-14(25-21-15)9-26-17-19-13-8-11(18)4-5-12(13)16(23)22(17)6-7-24-3/h4-5,8,10H,6-7,9H2,1-3H3. The van der Waals surface area contributed by atoms with Gasteiger partial charge in [0.15, 0.2) is 11.0 Å². The van der Waals surface area contributed by atoms with Crippen molar-refractivity contribution < 1.29 is 9.26 Å². The Hall–Kier alpha value is -1.90. The van der Waals surface area contributed by atoms with Crippen LogP contribution in [0.4, 0.5) is 0 Å². The summed E-state index contributed by atoms with van der Waals surface area (Å²) in [5.74, 6) is 1.77. The summed E-state index contributed by atoms with van der Waals surface area (Å²) in [4.78, 5) is 21.8. The van der Waals surface area contributed by atoms with Gasteiger partial charge in [-0.05, 0) is 18.2 Å². The van der Waals surface area contributed by atoms with Crippen molar-refractivity contribution in [3.63, 3.8) is 0 Å². The lowest BCUT2D eigenvalue weighted by atomic mass is 10.2. The van der Waals surface area contributed by atoms with Crippen molar-refractivity contribution in [1.82, 2.24) is 19.7 Å². The van der Waals surface area contributed by atoms with E-state index >= 15 is 0 Å². The van der Waals surface area contributed by atoms with E-state index in [1.807, 2.05) is 13.8 Å². The van der Waals surface area contributed by atoms with Crippen LogP contribution in [0.2, 0.25) is 5.02 Å². The predicted molar refractivity (Wildman–Crippen MR) is 101 cm³/mol. The number of methoxy groups -OCH3 is 1. The predicted octanol–water partition coefficient (Wildman–Crippen LogP) is 3.50. The minimum absolute atomic E-state index is 0.125. The molecule has 2 aromatic heterocycles. The van der Waals surface area contributed by atoms with E-state index in [1.54, 1.807) is 29.9 Å². The van der Waals surface area contributed by atoms with Crippen LogP contribution in [0.25, 0.3) is 10.9 Å². The highest BCUT2D eigenvalue weighted by Crippen LogP contribution is 2.23. The molecule has 0 aliphatic carbocycles.